The number of alkyl halides is 3. The van der Waals surface area contributed by atoms with E-state index in [1.807, 2.05) is 0 Å². The molecule has 5 nitrogen and oxygen atoms in total. The Labute approximate surface area is 147 Å². The van der Waals surface area contributed by atoms with Crippen LogP contribution in [0.3, 0.4) is 0 Å². The molecule has 1 heterocycles. The highest BCUT2D eigenvalue weighted by molar-refractivity contribution is 6.32. The van der Waals surface area contributed by atoms with E-state index in [1.165, 1.54) is 18.2 Å². The molecule has 25 heavy (non-hydrogen) atoms. The van der Waals surface area contributed by atoms with Gasteiger partial charge in [-0.25, -0.2) is 4.99 Å². The molecule has 0 saturated heterocycles. The highest BCUT2D eigenvalue weighted by atomic mass is 35.5. The number of aliphatic imine (C=N–C) groups is 1. The van der Waals surface area contributed by atoms with Crippen LogP contribution in [-0.4, -0.2) is 29.7 Å². The molecule has 1 saturated carbocycles. The number of ether oxygens (including phenoxy) is 1. The van der Waals surface area contributed by atoms with E-state index in [-0.39, 0.29) is 16.8 Å². The van der Waals surface area contributed by atoms with Gasteiger partial charge < -0.3 is 15.0 Å². The Morgan fingerprint density at radius 2 is 2.16 bits per heavy atom. The summed E-state index contributed by atoms with van der Waals surface area (Å²) >= 11 is 5.86. The van der Waals surface area contributed by atoms with Gasteiger partial charge in [-0.15, -0.1) is 13.2 Å². The minimum Gasteiger partial charge on any atom is -0.404 e. The average Bonchev–Trinajstić information content (AvgIpc) is 3.35. The number of carbonyl (C=O) groups is 1. The minimum atomic E-state index is -4.80. The molecule has 1 amide bonds. The third kappa shape index (κ3) is 4.88. The number of carbonyl (C=O) groups excluding carboxylic acids is 1. The van der Waals surface area contributed by atoms with Gasteiger partial charge in [0.25, 0.3) is 0 Å². The van der Waals surface area contributed by atoms with Gasteiger partial charge in [0, 0.05) is 24.9 Å². The van der Waals surface area contributed by atoms with E-state index in [0.717, 1.165) is 12.8 Å². The van der Waals surface area contributed by atoms with E-state index < -0.39 is 18.4 Å². The third-order valence-corrected chi connectivity index (χ3v) is 4.01. The van der Waals surface area contributed by atoms with E-state index in [4.69, 9.17) is 11.6 Å². The molecule has 0 bridgehead atoms. The standard InChI is InChI=1S/C16H15ClF3N3O2/c17-12-8-10(2-5-13(12)25-16(18,19)20)9-23-7-1-6-21-15(23)22-14(24)11-3-4-11/h1-2,5-8,11,15H,3-4,9H2,(H,22,24). The van der Waals surface area contributed by atoms with Crippen molar-refractivity contribution in [2.45, 2.75) is 32.0 Å². The van der Waals surface area contributed by atoms with Crippen molar-refractivity contribution in [3.63, 3.8) is 0 Å². The number of amides is 1. The van der Waals surface area contributed by atoms with Gasteiger partial charge >= 0.3 is 6.36 Å². The second kappa shape index (κ2) is 6.95. The molecule has 0 aromatic heterocycles. The summed E-state index contributed by atoms with van der Waals surface area (Å²) in [6.07, 6.45) is 1.46. The quantitative estimate of drug-likeness (QED) is 0.860. The van der Waals surface area contributed by atoms with Gasteiger partial charge in [-0.05, 0) is 36.6 Å². The molecule has 9 heteroatoms. The van der Waals surface area contributed by atoms with Gasteiger partial charge in [0.05, 0.1) is 5.02 Å². The van der Waals surface area contributed by atoms with Crippen LogP contribution < -0.4 is 10.1 Å². The Morgan fingerprint density at radius 1 is 1.40 bits per heavy atom. The number of rotatable bonds is 5. The van der Waals surface area contributed by atoms with Gasteiger partial charge in [-0.2, -0.15) is 0 Å². The van der Waals surface area contributed by atoms with Crippen LogP contribution in [0.25, 0.3) is 0 Å². The lowest BCUT2D eigenvalue weighted by Gasteiger charge is -2.30. The molecule has 1 aromatic rings. The van der Waals surface area contributed by atoms with Crippen molar-refractivity contribution in [3.8, 4) is 5.75 Å². The van der Waals surface area contributed by atoms with Gasteiger partial charge in [-0.3, -0.25) is 4.79 Å². The first-order valence-corrected chi connectivity index (χ1v) is 8.00. The second-order valence-corrected chi connectivity index (χ2v) is 6.19. The number of nitrogens with zero attached hydrogens (tertiary/aromatic N) is 2. The van der Waals surface area contributed by atoms with Crippen molar-refractivity contribution >= 4 is 23.7 Å². The van der Waals surface area contributed by atoms with Crippen molar-refractivity contribution in [1.29, 1.82) is 0 Å². The van der Waals surface area contributed by atoms with E-state index in [9.17, 15) is 18.0 Å². The molecular formula is C16H15ClF3N3O2. The molecule has 0 radical (unpaired) electrons. The molecule has 1 N–H and O–H groups in total. The summed E-state index contributed by atoms with van der Waals surface area (Å²) in [4.78, 5) is 17.9. The maximum Gasteiger partial charge on any atom is 0.573 e. The summed E-state index contributed by atoms with van der Waals surface area (Å²) in [6.45, 7) is 0.315. The van der Waals surface area contributed by atoms with Crippen molar-refractivity contribution < 1.29 is 22.7 Å². The predicted octanol–water partition coefficient (Wildman–Crippen LogP) is 3.45. The van der Waals surface area contributed by atoms with Crippen LogP contribution in [0, 0.1) is 5.92 Å². The molecule has 1 aliphatic heterocycles. The monoisotopic (exact) mass is 373 g/mol. The molecule has 1 aliphatic carbocycles. The molecule has 1 aromatic carbocycles. The fraction of sp³-hybridized carbons (Fsp3) is 0.375. The van der Waals surface area contributed by atoms with Gasteiger partial charge in [0.15, 0.2) is 6.29 Å². The third-order valence-electron chi connectivity index (χ3n) is 3.71. The number of benzene rings is 1. The first-order valence-electron chi connectivity index (χ1n) is 7.62. The smallest absolute Gasteiger partial charge is 0.404 e. The Kier molecular flexibility index (Phi) is 4.89. The first kappa shape index (κ1) is 17.6. The molecule has 3 rings (SSSR count). The topological polar surface area (TPSA) is 53.9 Å². The largest absolute Gasteiger partial charge is 0.573 e. The van der Waals surface area contributed by atoms with Crippen LogP contribution in [0.15, 0.2) is 35.5 Å². The van der Waals surface area contributed by atoms with E-state index >= 15 is 0 Å². The zero-order valence-electron chi connectivity index (χ0n) is 13.0. The lowest BCUT2D eigenvalue weighted by atomic mass is 10.2. The maximum atomic E-state index is 12.3. The zero-order chi connectivity index (χ0) is 18.0. The molecule has 1 atom stereocenters. The number of nitrogens with one attached hydrogen (secondary N) is 1. The number of hydrogen-bond acceptors (Lipinski definition) is 4. The van der Waals surface area contributed by atoms with Crippen LogP contribution in [0.5, 0.6) is 5.75 Å². The van der Waals surface area contributed by atoms with Crippen molar-refractivity contribution in [1.82, 2.24) is 10.2 Å². The average molecular weight is 374 g/mol. The van der Waals surface area contributed by atoms with E-state index in [0.29, 0.717) is 12.1 Å². The number of allylic oxidation sites excluding steroid dienone is 1. The van der Waals surface area contributed by atoms with Crippen molar-refractivity contribution in [2.75, 3.05) is 0 Å². The molecule has 1 fully saturated rings. The van der Waals surface area contributed by atoms with Gasteiger partial charge in [0.1, 0.15) is 5.75 Å². The summed E-state index contributed by atoms with van der Waals surface area (Å²) in [5.41, 5.74) is 0.659. The molecule has 1 unspecified atom stereocenters. The molecule has 134 valence electrons. The summed E-state index contributed by atoms with van der Waals surface area (Å²) < 4.78 is 40.7. The van der Waals surface area contributed by atoms with E-state index in [1.54, 1.807) is 23.4 Å². The van der Waals surface area contributed by atoms with E-state index in [2.05, 4.69) is 15.0 Å². The van der Waals surface area contributed by atoms with Crippen LogP contribution in [0.1, 0.15) is 18.4 Å². The van der Waals surface area contributed by atoms with Crippen LogP contribution in [-0.2, 0) is 11.3 Å². The molecular weight excluding hydrogens is 359 g/mol. The molecule has 0 spiro atoms. The highest BCUT2D eigenvalue weighted by Gasteiger charge is 2.33. The maximum absolute atomic E-state index is 12.3. The van der Waals surface area contributed by atoms with Gasteiger partial charge in [-0.1, -0.05) is 17.7 Å². The zero-order valence-corrected chi connectivity index (χ0v) is 13.7. The lowest BCUT2D eigenvalue weighted by Crippen LogP contribution is -2.45. The second-order valence-electron chi connectivity index (χ2n) is 5.78. The predicted molar refractivity (Wildman–Crippen MR) is 86.0 cm³/mol. The Bertz CT molecular complexity index is 717. The highest BCUT2D eigenvalue weighted by Crippen LogP contribution is 2.31. The Balaban J connectivity index is 1.67. The van der Waals surface area contributed by atoms with Crippen LogP contribution >= 0.6 is 11.6 Å². The molecule has 2 aliphatic rings. The Morgan fingerprint density at radius 3 is 2.80 bits per heavy atom. The van der Waals surface area contributed by atoms with Gasteiger partial charge in [0.2, 0.25) is 5.91 Å². The normalized spacial score (nSPS) is 19.8. The SMILES string of the molecule is O=C(NC1N=CC=CN1Cc1ccc(OC(F)(F)F)c(Cl)c1)C1CC1. The number of hydrogen-bond donors (Lipinski definition) is 1. The summed E-state index contributed by atoms with van der Waals surface area (Å²) in [5, 5.41) is 2.70. The summed E-state index contributed by atoms with van der Waals surface area (Å²) in [5.74, 6) is -0.450. The van der Waals surface area contributed by atoms with Crippen molar-refractivity contribution in [2.24, 2.45) is 10.9 Å². The van der Waals surface area contributed by atoms with Crippen LogP contribution in [0.4, 0.5) is 13.2 Å². The lowest BCUT2D eigenvalue weighted by molar-refractivity contribution is -0.274. The number of halogens is 4. The van der Waals surface area contributed by atoms with Crippen molar-refractivity contribution in [3.05, 3.63) is 41.1 Å². The fourth-order valence-corrected chi connectivity index (χ4v) is 2.60. The minimum absolute atomic E-state index is 0.0468. The first-order chi connectivity index (χ1) is 11.8. The summed E-state index contributed by atoms with van der Waals surface area (Å²) in [7, 11) is 0. The fourth-order valence-electron chi connectivity index (χ4n) is 2.36. The Hall–Kier alpha value is -2.22. The van der Waals surface area contributed by atoms with Crippen LogP contribution in [0.2, 0.25) is 5.02 Å². The summed E-state index contributed by atoms with van der Waals surface area (Å²) in [6, 6.07) is 4.05.